The number of aromatic nitrogens is 1. The molecule has 0 fully saturated rings. The molecule has 0 spiro atoms. The van der Waals surface area contributed by atoms with Crippen molar-refractivity contribution in [3.63, 3.8) is 0 Å². The highest BCUT2D eigenvalue weighted by Gasteiger charge is 2.34. The molecule has 0 aliphatic heterocycles. The number of fused-ring (bicyclic) bond motifs is 1. The van der Waals surface area contributed by atoms with Crippen LogP contribution >= 0.6 is 0 Å². The number of nitrogens with zero attached hydrogens (tertiary/aromatic N) is 1. The zero-order valence-electron chi connectivity index (χ0n) is 11.6. The highest BCUT2D eigenvalue weighted by Crippen LogP contribution is 2.35. The molecular weight excluding hydrogens is 224 g/mol. The van der Waals surface area contributed by atoms with Crippen LogP contribution < -0.4 is 5.32 Å². The Labute approximate surface area is 110 Å². The molecule has 1 aliphatic rings. The minimum atomic E-state index is 0.276. The monoisotopic (exact) mass is 248 g/mol. The molecule has 0 radical (unpaired) electrons. The standard InChI is InChI=1S/C15H24N2O/c1-4-6-13(18-3)15(16-2)12-9-8-11-7-5-10-17-14(11)12/h5,7,10,12-13,15-16H,4,6,8-9H2,1-3H3. The Hall–Kier alpha value is -0.930. The molecule has 0 saturated carbocycles. The normalized spacial score (nSPS) is 21.6. The number of aryl methyl sites for hydroxylation is 1. The van der Waals surface area contributed by atoms with Gasteiger partial charge in [-0.25, -0.2) is 0 Å². The van der Waals surface area contributed by atoms with E-state index in [1.54, 1.807) is 0 Å². The lowest BCUT2D eigenvalue weighted by molar-refractivity contribution is 0.0539. The van der Waals surface area contributed by atoms with Gasteiger partial charge >= 0.3 is 0 Å². The van der Waals surface area contributed by atoms with Gasteiger partial charge in [0.2, 0.25) is 0 Å². The van der Waals surface area contributed by atoms with E-state index >= 15 is 0 Å². The molecule has 1 aromatic heterocycles. The molecule has 3 nitrogen and oxygen atoms in total. The summed E-state index contributed by atoms with van der Waals surface area (Å²) in [5.74, 6) is 0.489. The molecule has 1 aromatic rings. The van der Waals surface area contributed by atoms with Crippen molar-refractivity contribution in [3.8, 4) is 0 Å². The van der Waals surface area contributed by atoms with Gasteiger partial charge in [-0.15, -0.1) is 0 Å². The van der Waals surface area contributed by atoms with E-state index in [2.05, 4.69) is 23.3 Å². The van der Waals surface area contributed by atoms with Gasteiger partial charge < -0.3 is 10.1 Å². The summed E-state index contributed by atoms with van der Waals surface area (Å²) < 4.78 is 5.68. The third kappa shape index (κ3) is 2.57. The lowest BCUT2D eigenvalue weighted by atomic mass is 9.90. The minimum Gasteiger partial charge on any atom is -0.380 e. The molecule has 0 bridgehead atoms. The molecule has 3 atom stereocenters. The van der Waals surface area contributed by atoms with Gasteiger partial charge in [0.1, 0.15) is 0 Å². The van der Waals surface area contributed by atoms with E-state index in [4.69, 9.17) is 4.74 Å². The van der Waals surface area contributed by atoms with Crippen LogP contribution in [-0.2, 0) is 11.2 Å². The zero-order chi connectivity index (χ0) is 13.0. The summed E-state index contributed by atoms with van der Waals surface area (Å²) in [6, 6.07) is 4.61. The van der Waals surface area contributed by atoms with Crippen molar-refractivity contribution in [1.82, 2.24) is 10.3 Å². The van der Waals surface area contributed by atoms with Gasteiger partial charge in [0.05, 0.1) is 6.10 Å². The van der Waals surface area contributed by atoms with Gasteiger partial charge in [0, 0.05) is 31.0 Å². The Morgan fingerprint density at radius 2 is 2.39 bits per heavy atom. The fraction of sp³-hybridized carbons (Fsp3) is 0.667. The summed E-state index contributed by atoms with van der Waals surface area (Å²) in [6.45, 7) is 2.21. The number of methoxy groups -OCH3 is 1. The Bertz CT molecular complexity index is 381. The van der Waals surface area contributed by atoms with Crippen LogP contribution in [0, 0.1) is 0 Å². The van der Waals surface area contributed by atoms with Crippen LogP contribution in [0.3, 0.4) is 0 Å². The van der Waals surface area contributed by atoms with Crippen molar-refractivity contribution in [3.05, 3.63) is 29.6 Å². The Kier molecular flexibility index (Phi) is 4.72. The van der Waals surface area contributed by atoms with E-state index in [-0.39, 0.29) is 6.10 Å². The van der Waals surface area contributed by atoms with Crippen molar-refractivity contribution >= 4 is 0 Å². The van der Waals surface area contributed by atoms with Crippen LogP contribution in [0.4, 0.5) is 0 Å². The van der Waals surface area contributed by atoms with Crippen LogP contribution in [0.25, 0.3) is 0 Å². The maximum absolute atomic E-state index is 5.68. The van der Waals surface area contributed by atoms with E-state index < -0.39 is 0 Å². The first-order valence-electron chi connectivity index (χ1n) is 6.95. The number of nitrogens with one attached hydrogen (secondary N) is 1. The third-order valence-corrected chi connectivity index (χ3v) is 4.05. The topological polar surface area (TPSA) is 34.1 Å². The van der Waals surface area contributed by atoms with E-state index in [1.807, 2.05) is 26.4 Å². The van der Waals surface area contributed by atoms with Gasteiger partial charge in [-0.2, -0.15) is 0 Å². The predicted octanol–water partition coefficient (Wildman–Crippen LogP) is 2.51. The molecule has 3 unspecified atom stereocenters. The fourth-order valence-electron chi connectivity index (χ4n) is 3.17. The van der Waals surface area contributed by atoms with Crippen LogP contribution in [0.5, 0.6) is 0 Å². The first-order chi connectivity index (χ1) is 8.81. The molecular formula is C15H24N2O. The second-order valence-corrected chi connectivity index (χ2v) is 5.07. The Balaban J connectivity index is 2.19. The number of hydrogen-bond acceptors (Lipinski definition) is 3. The lowest BCUT2D eigenvalue weighted by Gasteiger charge is -2.30. The number of likely N-dealkylation sites (N-methyl/N-ethyl adjacent to an activating group) is 1. The molecule has 1 N–H and O–H groups in total. The first-order valence-corrected chi connectivity index (χ1v) is 6.95. The molecule has 1 aliphatic carbocycles. The minimum absolute atomic E-state index is 0.276. The average molecular weight is 248 g/mol. The SMILES string of the molecule is CCCC(OC)C(NC)C1CCc2cccnc21. The molecule has 2 rings (SSSR count). The van der Waals surface area contributed by atoms with Crippen LogP contribution in [0.2, 0.25) is 0 Å². The smallest absolute Gasteiger partial charge is 0.0730 e. The van der Waals surface area contributed by atoms with E-state index in [9.17, 15) is 0 Å². The lowest BCUT2D eigenvalue weighted by Crippen LogP contribution is -2.43. The Morgan fingerprint density at radius 1 is 1.56 bits per heavy atom. The van der Waals surface area contributed by atoms with Crippen LogP contribution in [0.15, 0.2) is 18.3 Å². The summed E-state index contributed by atoms with van der Waals surface area (Å²) in [5, 5.41) is 3.46. The van der Waals surface area contributed by atoms with Crippen molar-refractivity contribution in [2.45, 2.75) is 50.7 Å². The summed E-state index contributed by atoms with van der Waals surface area (Å²) in [7, 11) is 3.85. The fourth-order valence-corrected chi connectivity index (χ4v) is 3.17. The molecule has 100 valence electrons. The van der Waals surface area contributed by atoms with Gasteiger partial charge in [-0.3, -0.25) is 4.98 Å². The van der Waals surface area contributed by atoms with Gasteiger partial charge in [0.15, 0.2) is 0 Å². The number of pyridine rings is 1. The maximum Gasteiger partial charge on any atom is 0.0730 e. The Morgan fingerprint density at radius 3 is 3.06 bits per heavy atom. The van der Waals surface area contributed by atoms with Gasteiger partial charge in [-0.1, -0.05) is 19.4 Å². The molecule has 0 saturated heterocycles. The highest BCUT2D eigenvalue weighted by atomic mass is 16.5. The summed E-state index contributed by atoms with van der Waals surface area (Å²) in [5.41, 5.74) is 2.68. The van der Waals surface area contributed by atoms with Crippen LogP contribution in [-0.4, -0.2) is 31.3 Å². The second kappa shape index (κ2) is 6.30. The highest BCUT2D eigenvalue weighted by molar-refractivity contribution is 5.30. The first kappa shape index (κ1) is 13.5. The number of rotatable bonds is 6. The van der Waals surface area contributed by atoms with E-state index in [0.29, 0.717) is 12.0 Å². The third-order valence-electron chi connectivity index (χ3n) is 4.05. The summed E-state index contributed by atoms with van der Waals surface area (Å²) in [6.07, 6.45) is 6.76. The molecule has 3 heteroatoms. The largest absolute Gasteiger partial charge is 0.380 e. The number of hydrogen-bond donors (Lipinski definition) is 1. The van der Waals surface area contributed by atoms with Crippen molar-refractivity contribution in [2.75, 3.05) is 14.2 Å². The molecule has 0 aromatic carbocycles. The van der Waals surface area contributed by atoms with Crippen molar-refractivity contribution < 1.29 is 4.74 Å². The maximum atomic E-state index is 5.68. The second-order valence-electron chi connectivity index (χ2n) is 5.07. The van der Waals surface area contributed by atoms with Crippen molar-refractivity contribution in [1.29, 1.82) is 0 Å². The molecule has 1 heterocycles. The average Bonchev–Trinajstić information content (AvgIpc) is 2.83. The summed E-state index contributed by atoms with van der Waals surface area (Å²) in [4.78, 5) is 4.59. The van der Waals surface area contributed by atoms with Crippen molar-refractivity contribution in [2.24, 2.45) is 0 Å². The predicted molar refractivity (Wildman–Crippen MR) is 73.9 cm³/mol. The molecule has 0 amide bonds. The summed E-state index contributed by atoms with van der Waals surface area (Å²) >= 11 is 0. The number of ether oxygens (including phenoxy) is 1. The molecule has 18 heavy (non-hydrogen) atoms. The van der Waals surface area contributed by atoms with Gasteiger partial charge in [-0.05, 0) is 37.9 Å². The quantitative estimate of drug-likeness (QED) is 0.840. The van der Waals surface area contributed by atoms with E-state index in [1.165, 1.54) is 17.7 Å². The van der Waals surface area contributed by atoms with E-state index in [0.717, 1.165) is 19.3 Å². The zero-order valence-corrected chi connectivity index (χ0v) is 11.6. The van der Waals surface area contributed by atoms with Gasteiger partial charge in [0.25, 0.3) is 0 Å². The van der Waals surface area contributed by atoms with Crippen LogP contribution in [0.1, 0.15) is 43.4 Å².